The minimum Gasteiger partial charge on any atom is -0.456 e. The Labute approximate surface area is 274 Å². The van der Waals surface area contributed by atoms with Crippen molar-refractivity contribution in [2.45, 2.75) is 134 Å². The van der Waals surface area contributed by atoms with E-state index in [0.717, 1.165) is 38.5 Å². The van der Waals surface area contributed by atoms with Crippen molar-refractivity contribution in [3.63, 3.8) is 0 Å². The van der Waals surface area contributed by atoms with E-state index in [1.807, 2.05) is 6.92 Å². The molecule has 6 fully saturated rings. The second-order valence-corrected chi connectivity index (χ2v) is 15.1. The fourth-order valence-electron chi connectivity index (χ4n) is 9.75. The molecule has 47 heavy (non-hydrogen) atoms. The summed E-state index contributed by atoms with van der Waals surface area (Å²) in [5, 5.41) is 19.9. The van der Waals surface area contributed by atoms with Crippen molar-refractivity contribution in [3.05, 3.63) is 23.5 Å². The lowest BCUT2D eigenvalue weighted by Gasteiger charge is -2.57. The Balaban J connectivity index is 1.12. The highest BCUT2D eigenvalue weighted by Crippen LogP contribution is 2.61. The van der Waals surface area contributed by atoms with Crippen molar-refractivity contribution in [1.29, 1.82) is 0 Å². The molecule has 0 aromatic heterocycles. The first kappa shape index (κ1) is 35.5. The second-order valence-electron chi connectivity index (χ2n) is 15.1. The molecular formula is C34H51F3O10. The second kappa shape index (κ2) is 13.8. The van der Waals surface area contributed by atoms with Gasteiger partial charge in [-0.25, -0.2) is 19.6 Å². The Kier molecular flexibility index (Phi) is 10.4. The van der Waals surface area contributed by atoms with Gasteiger partial charge in [-0.05, 0) is 88.9 Å². The maximum absolute atomic E-state index is 14.4. The van der Waals surface area contributed by atoms with Gasteiger partial charge in [0.15, 0.2) is 5.60 Å². The number of fused-ring (bicyclic) bond motifs is 3. The quantitative estimate of drug-likeness (QED) is 0.105. The summed E-state index contributed by atoms with van der Waals surface area (Å²) >= 11 is 0. The summed E-state index contributed by atoms with van der Waals surface area (Å²) < 4.78 is 66.8. The smallest absolute Gasteiger partial charge is 0.449 e. The normalized spacial score (nSPS) is 43.5. The minimum atomic E-state index is -4.74. The topological polar surface area (TPSA) is 114 Å². The maximum Gasteiger partial charge on any atom is 0.449 e. The molecule has 5 heterocycles. The van der Waals surface area contributed by atoms with Crippen molar-refractivity contribution in [3.8, 4) is 0 Å². The lowest BCUT2D eigenvalue weighted by molar-refractivity contribution is -0.557. The number of ether oxygens (including phenoxy) is 4. The predicted molar refractivity (Wildman–Crippen MR) is 160 cm³/mol. The van der Waals surface area contributed by atoms with Gasteiger partial charge < -0.3 is 18.9 Å². The molecule has 7 aliphatic rings. The van der Waals surface area contributed by atoms with Crippen LogP contribution in [0.1, 0.15) is 91.9 Å². The van der Waals surface area contributed by atoms with Gasteiger partial charge in [0.25, 0.3) is 0 Å². The first-order valence-electron chi connectivity index (χ1n) is 17.4. The van der Waals surface area contributed by atoms with Gasteiger partial charge in [-0.15, -0.1) is 0 Å². The molecular weight excluding hydrogens is 625 g/mol. The lowest BCUT2D eigenvalue weighted by Crippen LogP contribution is -2.67. The van der Waals surface area contributed by atoms with Crippen molar-refractivity contribution in [1.82, 2.24) is 0 Å². The van der Waals surface area contributed by atoms with Gasteiger partial charge in [0.2, 0.25) is 17.8 Å². The van der Waals surface area contributed by atoms with Crippen LogP contribution in [0, 0.1) is 35.5 Å². The van der Waals surface area contributed by atoms with E-state index in [2.05, 4.69) is 13.8 Å². The molecule has 5 aliphatic heterocycles. The summed E-state index contributed by atoms with van der Waals surface area (Å²) in [5.41, 5.74) is -2.01. The van der Waals surface area contributed by atoms with Crippen molar-refractivity contribution < 1.29 is 62.2 Å². The minimum absolute atomic E-state index is 0.00114. The molecule has 0 radical (unpaired) electrons. The van der Waals surface area contributed by atoms with Gasteiger partial charge in [-0.2, -0.15) is 13.2 Å². The van der Waals surface area contributed by atoms with E-state index in [1.165, 1.54) is 0 Å². The van der Waals surface area contributed by atoms with Gasteiger partial charge in [-0.1, -0.05) is 32.4 Å². The highest BCUT2D eigenvalue weighted by Gasteiger charge is 2.70. The van der Waals surface area contributed by atoms with Crippen LogP contribution >= 0.6 is 0 Å². The van der Waals surface area contributed by atoms with E-state index in [0.29, 0.717) is 32.3 Å². The molecule has 0 aromatic rings. The number of alkyl halides is 3. The van der Waals surface area contributed by atoms with E-state index >= 15 is 0 Å². The first-order chi connectivity index (χ1) is 22.4. The van der Waals surface area contributed by atoms with E-state index in [9.17, 15) is 23.7 Å². The fourth-order valence-corrected chi connectivity index (χ4v) is 9.75. The van der Waals surface area contributed by atoms with Crippen LogP contribution in [-0.4, -0.2) is 72.0 Å². The van der Waals surface area contributed by atoms with Gasteiger partial charge in [0.05, 0.1) is 25.9 Å². The summed E-state index contributed by atoms with van der Waals surface area (Å²) in [6, 6.07) is 0. The van der Waals surface area contributed by atoms with Crippen LogP contribution in [0.2, 0.25) is 0 Å². The average Bonchev–Trinajstić information content (AvgIpc) is 3.37. The Morgan fingerprint density at radius 1 is 1.04 bits per heavy atom. The van der Waals surface area contributed by atoms with Gasteiger partial charge in [-0.3, -0.25) is 10.5 Å². The van der Waals surface area contributed by atoms with Crippen molar-refractivity contribution >= 4 is 0 Å². The number of allylic oxidation sites excluding steroid dienone is 1. The van der Waals surface area contributed by atoms with Crippen LogP contribution in [-0.2, 0) is 38.5 Å². The molecule has 12 unspecified atom stereocenters. The highest BCUT2D eigenvalue weighted by atomic mass is 19.4. The molecule has 7 rings (SSSR count). The van der Waals surface area contributed by atoms with E-state index in [-0.39, 0.29) is 54.5 Å². The Bertz CT molecular complexity index is 1170. The highest BCUT2D eigenvalue weighted by molar-refractivity contribution is 5.28. The van der Waals surface area contributed by atoms with Crippen LogP contribution in [0.3, 0.4) is 0 Å². The average molecular weight is 677 g/mol. The van der Waals surface area contributed by atoms with Crippen LogP contribution in [0.15, 0.2) is 23.5 Å². The lowest BCUT2D eigenvalue weighted by atomic mass is 9.59. The summed E-state index contributed by atoms with van der Waals surface area (Å²) in [6.45, 7) is 7.82. The molecule has 1 spiro atoms. The maximum atomic E-state index is 14.4. The molecule has 2 N–H and O–H groups in total. The van der Waals surface area contributed by atoms with Crippen LogP contribution < -0.4 is 0 Å². The number of hydrogen-bond donors (Lipinski definition) is 2. The molecule has 0 amide bonds. The Hall–Kier alpha value is -1.29. The van der Waals surface area contributed by atoms with E-state index in [1.54, 1.807) is 19.1 Å². The third-order valence-electron chi connectivity index (χ3n) is 12.2. The van der Waals surface area contributed by atoms with Crippen molar-refractivity contribution in [2.75, 3.05) is 19.8 Å². The molecule has 12 atom stereocenters. The summed E-state index contributed by atoms with van der Waals surface area (Å²) in [6.07, 6.45) is 4.14. The summed E-state index contributed by atoms with van der Waals surface area (Å²) in [5.74, 6) is -2.67. The monoisotopic (exact) mass is 676 g/mol. The molecule has 2 saturated carbocycles. The Morgan fingerprint density at radius 2 is 1.85 bits per heavy atom. The third kappa shape index (κ3) is 6.54. The number of rotatable bonds is 10. The van der Waals surface area contributed by atoms with E-state index in [4.69, 9.17) is 38.5 Å². The zero-order valence-corrected chi connectivity index (χ0v) is 27.8. The summed E-state index contributed by atoms with van der Waals surface area (Å²) in [7, 11) is 0. The zero-order chi connectivity index (χ0) is 33.6. The Morgan fingerprint density at radius 3 is 2.60 bits per heavy atom. The first-order valence-corrected chi connectivity index (χ1v) is 17.4. The van der Waals surface area contributed by atoms with E-state index < -0.39 is 47.2 Å². The van der Waals surface area contributed by atoms with Crippen LogP contribution in [0.25, 0.3) is 0 Å². The SMILES string of the molecule is CC1CCC2CCCC(C(C)CC(C=CCOCC3=C(C(F)(F)F)OC4OC5(C)CCC6C(C)CCC3C46OO5)OO)C2(OO)CO1. The molecule has 2 aliphatic carbocycles. The van der Waals surface area contributed by atoms with Crippen molar-refractivity contribution in [2.24, 2.45) is 35.5 Å². The molecule has 2 bridgehead atoms. The molecule has 4 saturated heterocycles. The number of halogens is 3. The fraction of sp³-hybridized carbons (Fsp3) is 0.882. The summed E-state index contributed by atoms with van der Waals surface area (Å²) in [4.78, 5) is 21.8. The molecule has 10 nitrogen and oxygen atoms in total. The van der Waals surface area contributed by atoms with Gasteiger partial charge >= 0.3 is 6.18 Å². The third-order valence-corrected chi connectivity index (χ3v) is 12.2. The van der Waals surface area contributed by atoms with Crippen LogP contribution in [0.4, 0.5) is 13.2 Å². The number of hydrogen-bond acceptors (Lipinski definition) is 10. The van der Waals surface area contributed by atoms with Gasteiger partial charge in [0, 0.05) is 23.8 Å². The standard InChI is InChI=1S/C34H51F3O10/c1-20-10-13-28-25(29(34(35,36)37)42-30-33(28)27(20)14-15-31(4,43-30)46-47-33)18-40-16-6-8-24(44-38)17-21(2)26-9-5-7-23-12-11-22(3)41-19-32(23,26)45-39/h6,8,20-24,26-28,30,38-39H,5,7,9-19H2,1-4H3. The van der Waals surface area contributed by atoms with Gasteiger partial charge in [0.1, 0.15) is 11.7 Å². The predicted octanol–water partition coefficient (Wildman–Crippen LogP) is 7.35. The molecule has 0 aromatic carbocycles. The molecule has 13 heteroatoms. The molecule has 268 valence electrons. The van der Waals surface area contributed by atoms with Crippen LogP contribution in [0.5, 0.6) is 0 Å². The largest absolute Gasteiger partial charge is 0.456 e. The zero-order valence-electron chi connectivity index (χ0n) is 27.8.